The highest BCUT2D eigenvalue weighted by Crippen LogP contribution is 2.34. The molecule has 0 unspecified atom stereocenters. The maximum Gasteiger partial charge on any atom is 0.267 e. The highest BCUT2D eigenvalue weighted by Gasteiger charge is 2.21. The Morgan fingerprint density at radius 2 is 1.90 bits per heavy atom. The number of nitrogens with zero attached hydrogens (tertiary/aromatic N) is 2. The molecule has 5 aromatic rings. The predicted molar refractivity (Wildman–Crippen MR) is 123 cm³/mol. The summed E-state index contributed by atoms with van der Waals surface area (Å²) in [7, 11) is 1.52. The van der Waals surface area contributed by atoms with Gasteiger partial charge in [0.1, 0.15) is 16.6 Å². The van der Waals surface area contributed by atoms with Crippen LogP contribution in [0.3, 0.4) is 0 Å². The molecule has 0 spiro atoms. The first-order chi connectivity index (χ1) is 15.1. The maximum absolute atomic E-state index is 14.4. The van der Waals surface area contributed by atoms with Crippen LogP contribution < -0.4 is 5.32 Å². The first-order valence-electron chi connectivity index (χ1n) is 9.46. The Morgan fingerprint density at radius 3 is 2.68 bits per heavy atom. The highest BCUT2D eigenvalue weighted by molar-refractivity contribution is 7.21. The number of hydrogen-bond acceptors (Lipinski definition) is 6. The normalized spacial score (nSPS) is 11.3. The van der Waals surface area contributed by atoms with Gasteiger partial charge in [-0.15, -0.1) is 22.7 Å². The Kier molecular flexibility index (Phi) is 5.19. The molecule has 1 N–H and O–H groups in total. The zero-order valence-electron chi connectivity index (χ0n) is 16.4. The third-order valence-electron chi connectivity index (χ3n) is 4.80. The summed E-state index contributed by atoms with van der Waals surface area (Å²) in [5.74, 6) is -0.290. The van der Waals surface area contributed by atoms with Crippen LogP contribution in [0.2, 0.25) is 0 Å². The quantitative estimate of drug-likeness (QED) is 0.352. The maximum atomic E-state index is 14.4. The van der Waals surface area contributed by atoms with Gasteiger partial charge in [-0.05, 0) is 36.4 Å². The minimum absolute atomic E-state index is 0.146. The first-order valence-corrected chi connectivity index (χ1v) is 11.1. The molecule has 0 fully saturated rings. The average Bonchev–Trinajstić information content (AvgIpc) is 3.37. The van der Waals surface area contributed by atoms with Crippen LogP contribution >= 0.6 is 22.7 Å². The van der Waals surface area contributed by atoms with Crippen molar-refractivity contribution in [2.24, 2.45) is 0 Å². The second-order valence-corrected chi connectivity index (χ2v) is 8.91. The fourth-order valence-electron chi connectivity index (χ4n) is 3.40. The molecule has 2 aromatic carbocycles. The van der Waals surface area contributed by atoms with Crippen LogP contribution in [0.5, 0.6) is 0 Å². The summed E-state index contributed by atoms with van der Waals surface area (Å²) >= 11 is 2.83. The standard InChI is InChI=1S/C23H16FN3O2S2/c1-29-12-14-20-15(24)5-4-8-18(20)30-21(14)22(28)27-19-10-9-13(11-25-19)23-26-16-6-2-3-7-17(16)31-23/h2-11H,12H2,1H3,(H,25,27,28). The van der Waals surface area contributed by atoms with Crippen molar-refractivity contribution >= 4 is 54.7 Å². The van der Waals surface area contributed by atoms with Gasteiger partial charge in [0, 0.05) is 34.5 Å². The summed E-state index contributed by atoms with van der Waals surface area (Å²) < 4.78 is 21.4. The highest BCUT2D eigenvalue weighted by atomic mass is 32.1. The van der Waals surface area contributed by atoms with Gasteiger partial charge in [0.2, 0.25) is 0 Å². The number of amides is 1. The summed E-state index contributed by atoms with van der Waals surface area (Å²) in [4.78, 5) is 22.4. The average molecular weight is 450 g/mol. The molecule has 0 aliphatic heterocycles. The number of ether oxygens (including phenoxy) is 1. The zero-order chi connectivity index (χ0) is 21.4. The van der Waals surface area contributed by atoms with E-state index in [1.807, 2.05) is 30.3 Å². The number of nitrogens with one attached hydrogen (secondary N) is 1. The number of anilines is 1. The van der Waals surface area contributed by atoms with Crippen LogP contribution in [-0.2, 0) is 11.3 Å². The van der Waals surface area contributed by atoms with Gasteiger partial charge in [-0.3, -0.25) is 4.79 Å². The number of thiazole rings is 1. The molecular weight excluding hydrogens is 433 g/mol. The van der Waals surface area contributed by atoms with Gasteiger partial charge in [-0.1, -0.05) is 18.2 Å². The van der Waals surface area contributed by atoms with Gasteiger partial charge in [-0.2, -0.15) is 0 Å². The van der Waals surface area contributed by atoms with Crippen molar-refractivity contribution < 1.29 is 13.9 Å². The molecule has 0 saturated carbocycles. The SMILES string of the molecule is COCc1c(C(=O)Nc2ccc(-c3nc4ccccc4s3)cn2)sc2cccc(F)c12. The van der Waals surface area contributed by atoms with E-state index < -0.39 is 0 Å². The smallest absolute Gasteiger partial charge is 0.267 e. The van der Waals surface area contributed by atoms with Crippen molar-refractivity contribution in [3.63, 3.8) is 0 Å². The number of fused-ring (bicyclic) bond motifs is 2. The second kappa shape index (κ2) is 8.14. The van der Waals surface area contributed by atoms with E-state index in [1.165, 1.54) is 24.5 Å². The van der Waals surface area contributed by atoms with Crippen molar-refractivity contribution in [1.82, 2.24) is 9.97 Å². The van der Waals surface area contributed by atoms with Crippen LogP contribution in [-0.4, -0.2) is 23.0 Å². The largest absolute Gasteiger partial charge is 0.380 e. The summed E-state index contributed by atoms with van der Waals surface area (Å²) in [6.07, 6.45) is 1.69. The Morgan fingerprint density at radius 1 is 1.06 bits per heavy atom. The summed E-state index contributed by atoms with van der Waals surface area (Å²) in [6, 6.07) is 16.4. The summed E-state index contributed by atoms with van der Waals surface area (Å²) in [5.41, 5.74) is 2.37. The van der Waals surface area contributed by atoms with Crippen LogP contribution in [0.25, 0.3) is 30.9 Å². The number of halogens is 1. The lowest BCUT2D eigenvalue weighted by Crippen LogP contribution is -2.13. The fraction of sp³-hybridized carbons (Fsp3) is 0.0870. The molecule has 0 radical (unpaired) electrons. The number of benzene rings is 2. The van der Waals surface area contributed by atoms with E-state index in [-0.39, 0.29) is 18.3 Å². The minimum atomic E-state index is -0.363. The molecule has 8 heteroatoms. The molecule has 0 aliphatic carbocycles. The second-order valence-electron chi connectivity index (χ2n) is 6.83. The van der Waals surface area contributed by atoms with Gasteiger partial charge in [0.15, 0.2) is 0 Å². The molecule has 3 heterocycles. The number of rotatable bonds is 5. The van der Waals surface area contributed by atoms with E-state index in [4.69, 9.17) is 4.74 Å². The number of pyridine rings is 1. The van der Waals surface area contributed by atoms with E-state index in [0.717, 1.165) is 20.8 Å². The van der Waals surface area contributed by atoms with Crippen LogP contribution in [0.15, 0.2) is 60.8 Å². The lowest BCUT2D eigenvalue weighted by molar-refractivity contribution is 0.102. The Bertz CT molecular complexity index is 1380. The van der Waals surface area contributed by atoms with E-state index in [1.54, 1.807) is 35.7 Å². The molecule has 0 saturated heterocycles. The predicted octanol–water partition coefficient (Wildman–Crippen LogP) is 6.11. The molecule has 0 atom stereocenters. The zero-order valence-corrected chi connectivity index (χ0v) is 18.0. The number of thiophene rings is 1. The third-order valence-corrected chi connectivity index (χ3v) is 7.09. The van der Waals surface area contributed by atoms with Crippen LogP contribution in [0, 0.1) is 5.82 Å². The molecule has 5 nitrogen and oxygen atoms in total. The molecule has 0 bridgehead atoms. The number of aromatic nitrogens is 2. The van der Waals surface area contributed by atoms with Crippen molar-refractivity contribution in [1.29, 1.82) is 0 Å². The van der Waals surface area contributed by atoms with Crippen molar-refractivity contribution in [3.8, 4) is 10.6 Å². The number of para-hydroxylation sites is 1. The molecule has 154 valence electrons. The lowest BCUT2D eigenvalue weighted by atomic mass is 10.1. The van der Waals surface area contributed by atoms with Crippen LogP contribution in [0.1, 0.15) is 15.2 Å². The number of methoxy groups -OCH3 is 1. The topological polar surface area (TPSA) is 64.1 Å². The van der Waals surface area contributed by atoms with Gasteiger partial charge in [0.25, 0.3) is 5.91 Å². The molecule has 1 amide bonds. The fourth-order valence-corrected chi connectivity index (χ4v) is 5.47. The van der Waals surface area contributed by atoms with Crippen molar-refractivity contribution in [2.45, 2.75) is 6.61 Å². The Labute approximate surface area is 185 Å². The van der Waals surface area contributed by atoms with Gasteiger partial charge < -0.3 is 10.1 Å². The molecule has 0 aliphatic rings. The summed E-state index contributed by atoms with van der Waals surface area (Å²) in [6.45, 7) is 0.146. The Hall–Kier alpha value is -3.20. The van der Waals surface area contributed by atoms with Crippen molar-refractivity contribution in [3.05, 3.63) is 77.1 Å². The number of carbonyl (C=O) groups is 1. The molecule has 5 rings (SSSR count). The minimum Gasteiger partial charge on any atom is -0.380 e. The number of carbonyl (C=O) groups excluding carboxylic acids is 1. The van der Waals surface area contributed by atoms with E-state index in [0.29, 0.717) is 26.3 Å². The lowest BCUT2D eigenvalue weighted by Gasteiger charge is -2.06. The van der Waals surface area contributed by atoms with E-state index in [9.17, 15) is 9.18 Å². The third kappa shape index (κ3) is 3.69. The van der Waals surface area contributed by atoms with Gasteiger partial charge >= 0.3 is 0 Å². The number of hydrogen-bond donors (Lipinski definition) is 1. The monoisotopic (exact) mass is 449 g/mol. The first kappa shape index (κ1) is 19.7. The van der Waals surface area contributed by atoms with Gasteiger partial charge in [-0.25, -0.2) is 14.4 Å². The Balaban J connectivity index is 1.42. The van der Waals surface area contributed by atoms with Crippen LogP contribution in [0.4, 0.5) is 10.2 Å². The van der Waals surface area contributed by atoms with Crippen molar-refractivity contribution in [2.75, 3.05) is 12.4 Å². The van der Waals surface area contributed by atoms with Gasteiger partial charge in [0.05, 0.1) is 21.7 Å². The van der Waals surface area contributed by atoms with E-state index in [2.05, 4.69) is 15.3 Å². The van der Waals surface area contributed by atoms with E-state index >= 15 is 0 Å². The molecule has 31 heavy (non-hydrogen) atoms. The molecule has 3 aromatic heterocycles. The molecular formula is C23H16FN3O2S2. The summed E-state index contributed by atoms with van der Waals surface area (Å²) in [5, 5.41) is 4.11.